The first-order valence-electron chi connectivity index (χ1n) is 8.96. The quantitative estimate of drug-likeness (QED) is 0.858. The van der Waals surface area contributed by atoms with Gasteiger partial charge < -0.3 is 10.2 Å². The van der Waals surface area contributed by atoms with Crippen molar-refractivity contribution in [2.24, 2.45) is 0 Å². The van der Waals surface area contributed by atoms with Crippen LogP contribution in [0.3, 0.4) is 0 Å². The smallest absolute Gasteiger partial charge is 0.227 e. The zero-order chi connectivity index (χ0) is 18.7. The lowest BCUT2D eigenvalue weighted by molar-refractivity contribution is -0.131. The maximum atomic E-state index is 12.9. The molecule has 1 atom stereocenters. The van der Waals surface area contributed by atoms with Gasteiger partial charge in [-0.1, -0.05) is 6.07 Å². The van der Waals surface area contributed by atoms with Crippen LogP contribution in [0.5, 0.6) is 0 Å². The van der Waals surface area contributed by atoms with Gasteiger partial charge in [-0.05, 0) is 38.8 Å². The number of carbonyl (C=O) groups excluding carboxylic acids is 2. The zero-order valence-electron chi connectivity index (χ0n) is 15.5. The third kappa shape index (κ3) is 3.92. The number of aromatic amines is 1. The number of likely N-dealkylation sites (tertiary alicyclic amines) is 1. The second kappa shape index (κ2) is 7.68. The Morgan fingerprint density at radius 1 is 1.35 bits per heavy atom. The standard InChI is InChI=1S/C19H25N5O2/c1-12-16(13(2)23-22-12)10-19(26)24-9-5-8-18(24)17-7-4-6-15(21-17)11-20-14(3)25/h4,6-7,18H,5,8-11H2,1-3H3,(H,20,25)(H,22,23)/t18-/m1/s1. The average molecular weight is 355 g/mol. The van der Waals surface area contributed by atoms with Gasteiger partial charge in [0.2, 0.25) is 11.8 Å². The van der Waals surface area contributed by atoms with Crippen molar-refractivity contribution in [1.29, 1.82) is 0 Å². The third-order valence-corrected chi connectivity index (χ3v) is 4.87. The first-order valence-corrected chi connectivity index (χ1v) is 8.96. The molecule has 7 nitrogen and oxygen atoms in total. The molecule has 0 spiro atoms. The molecular weight excluding hydrogens is 330 g/mol. The molecule has 2 N–H and O–H groups in total. The van der Waals surface area contributed by atoms with Gasteiger partial charge in [-0.15, -0.1) is 0 Å². The van der Waals surface area contributed by atoms with E-state index in [2.05, 4.69) is 20.5 Å². The lowest BCUT2D eigenvalue weighted by Crippen LogP contribution is -2.32. The van der Waals surface area contributed by atoms with E-state index in [1.807, 2.05) is 36.9 Å². The molecule has 26 heavy (non-hydrogen) atoms. The van der Waals surface area contributed by atoms with Crippen molar-refractivity contribution in [2.75, 3.05) is 6.54 Å². The molecular formula is C19H25N5O2. The summed E-state index contributed by atoms with van der Waals surface area (Å²) in [7, 11) is 0. The summed E-state index contributed by atoms with van der Waals surface area (Å²) in [6.07, 6.45) is 2.24. The second-order valence-electron chi connectivity index (χ2n) is 6.80. The summed E-state index contributed by atoms with van der Waals surface area (Å²) in [4.78, 5) is 30.6. The highest BCUT2D eigenvalue weighted by atomic mass is 16.2. The number of H-pyrrole nitrogens is 1. The molecule has 1 saturated heterocycles. The van der Waals surface area contributed by atoms with E-state index in [4.69, 9.17) is 0 Å². The highest BCUT2D eigenvalue weighted by Gasteiger charge is 2.31. The minimum absolute atomic E-state index is 0.00714. The van der Waals surface area contributed by atoms with Crippen LogP contribution < -0.4 is 5.32 Å². The van der Waals surface area contributed by atoms with Crippen molar-refractivity contribution in [3.8, 4) is 0 Å². The summed E-state index contributed by atoms with van der Waals surface area (Å²) in [5.74, 6) is 0.0230. The maximum Gasteiger partial charge on any atom is 0.227 e. The van der Waals surface area contributed by atoms with Gasteiger partial charge in [0.15, 0.2) is 0 Å². The molecule has 0 aromatic carbocycles. The van der Waals surface area contributed by atoms with Gasteiger partial charge in [0.25, 0.3) is 0 Å². The SMILES string of the molecule is CC(=O)NCc1cccc([C@H]2CCCN2C(=O)Cc2c(C)n[nH]c2C)n1. The van der Waals surface area contributed by atoms with Crippen LogP contribution >= 0.6 is 0 Å². The molecule has 0 unspecified atom stereocenters. The number of aryl methyl sites for hydroxylation is 2. The predicted molar refractivity (Wildman–Crippen MR) is 97.2 cm³/mol. The van der Waals surface area contributed by atoms with Crippen LogP contribution in [0.2, 0.25) is 0 Å². The Morgan fingerprint density at radius 3 is 2.85 bits per heavy atom. The number of nitrogens with zero attached hydrogens (tertiary/aromatic N) is 3. The van der Waals surface area contributed by atoms with E-state index in [1.165, 1.54) is 6.92 Å². The van der Waals surface area contributed by atoms with Crippen molar-refractivity contribution in [1.82, 2.24) is 25.4 Å². The molecule has 1 aliphatic heterocycles. The van der Waals surface area contributed by atoms with Crippen LogP contribution in [0.25, 0.3) is 0 Å². The average Bonchev–Trinajstić information content (AvgIpc) is 3.22. The Labute approximate surface area is 153 Å². The van der Waals surface area contributed by atoms with Crippen molar-refractivity contribution in [3.05, 3.63) is 46.5 Å². The number of hydrogen-bond acceptors (Lipinski definition) is 4. The van der Waals surface area contributed by atoms with Crippen molar-refractivity contribution in [3.63, 3.8) is 0 Å². The van der Waals surface area contributed by atoms with E-state index in [9.17, 15) is 9.59 Å². The lowest BCUT2D eigenvalue weighted by atomic mass is 10.1. The number of rotatable bonds is 5. The Kier molecular flexibility index (Phi) is 5.35. The number of pyridine rings is 1. The molecule has 2 aromatic heterocycles. The Morgan fingerprint density at radius 2 is 2.15 bits per heavy atom. The molecule has 0 radical (unpaired) electrons. The van der Waals surface area contributed by atoms with Gasteiger partial charge in [0.05, 0.1) is 36.1 Å². The van der Waals surface area contributed by atoms with Gasteiger partial charge in [-0.3, -0.25) is 19.7 Å². The van der Waals surface area contributed by atoms with Gasteiger partial charge in [-0.25, -0.2) is 0 Å². The van der Waals surface area contributed by atoms with E-state index >= 15 is 0 Å². The fourth-order valence-electron chi connectivity index (χ4n) is 3.46. The third-order valence-electron chi connectivity index (χ3n) is 4.87. The van der Waals surface area contributed by atoms with Crippen molar-refractivity contribution < 1.29 is 9.59 Å². The molecule has 2 aromatic rings. The van der Waals surface area contributed by atoms with E-state index in [-0.39, 0.29) is 17.9 Å². The first kappa shape index (κ1) is 18.1. The van der Waals surface area contributed by atoms with Gasteiger partial charge in [0.1, 0.15) is 0 Å². The summed E-state index contributed by atoms with van der Waals surface area (Å²) in [6, 6.07) is 5.78. The van der Waals surface area contributed by atoms with Crippen LogP contribution in [0.4, 0.5) is 0 Å². The number of hydrogen-bond donors (Lipinski definition) is 2. The van der Waals surface area contributed by atoms with Gasteiger partial charge >= 0.3 is 0 Å². The molecule has 3 heterocycles. The van der Waals surface area contributed by atoms with E-state index in [1.54, 1.807) is 0 Å². The highest BCUT2D eigenvalue weighted by Crippen LogP contribution is 2.31. The molecule has 0 saturated carbocycles. The number of aromatic nitrogens is 3. The zero-order valence-corrected chi connectivity index (χ0v) is 15.5. The minimum Gasteiger partial charge on any atom is -0.351 e. The van der Waals surface area contributed by atoms with Gasteiger partial charge in [-0.2, -0.15) is 5.10 Å². The fraction of sp³-hybridized carbons (Fsp3) is 0.474. The molecule has 1 fully saturated rings. The lowest BCUT2D eigenvalue weighted by Gasteiger charge is -2.25. The largest absolute Gasteiger partial charge is 0.351 e. The first-order chi connectivity index (χ1) is 12.5. The molecule has 0 aliphatic carbocycles. The van der Waals surface area contributed by atoms with E-state index < -0.39 is 0 Å². The molecule has 0 bridgehead atoms. The topological polar surface area (TPSA) is 91.0 Å². The fourth-order valence-corrected chi connectivity index (χ4v) is 3.46. The predicted octanol–water partition coefficient (Wildman–Crippen LogP) is 1.96. The number of carbonyl (C=O) groups is 2. The van der Waals surface area contributed by atoms with Crippen molar-refractivity contribution >= 4 is 11.8 Å². The summed E-state index contributed by atoms with van der Waals surface area (Å²) in [5, 5.41) is 9.88. The molecule has 7 heteroatoms. The van der Waals surface area contributed by atoms with Gasteiger partial charge in [0, 0.05) is 24.7 Å². The summed E-state index contributed by atoms with van der Waals surface area (Å²) >= 11 is 0. The molecule has 138 valence electrons. The van der Waals surface area contributed by atoms with E-state index in [0.717, 1.165) is 47.7 Å². The van der Waals surface area contributed by atoms with Crippen molar-refractivity contribution in [2.45, 2.75) is 52.6 Å². The Balaban J connectivity index is 1.74. The highest BCUT2D eigenvalue weighted by molar-refractivity contribution is 5.80. The van der Waals surface area contributed by atoms with Crippen LogP contribution in [0.1, 0.15) is 54.1 Å². The summed E-state index contributed by atoms with van der Waals surface area (Å²) < 4.78 is 0. The number of nitrogens with one attached hydrogen (secondary N) is 2. The Hall–Kier alpha value is -2.70. The molecule has 2 amide bonds. The minimum atomic E-state index is -0.0827. The molecule has 3 rings (SSSR count). The van der Waals surface area contributed by atoms with Crippen LogP contribution in [0, 0.1) is 13.8 Å². The maximum absolute atomic E-state index is 12.9. The molecule has 1 aliphatic rings. The second-order valence-corrected chi connectivity index (χ2v) is 6.80. The number of amides is 2. The normalized spacial score (nSPS) is 16.7. The Bertz CT molecular complexity index is 795. The van der Waals surface area contributed by atoms with Crippen LogP contribution in [0.15, 0.2) is 18.2 Å². The summed E-state index contributed by atoms with van der Waals surface area (Å²) in [5.41, 5.74) is 4.50. The summed E-state index contributed by atoms with van der Waals surface area (Å²) in [6.45, 7) is 6.49. The monoisotopic (exact) mass is 355 g/mol. The van der Waals surface area contributed by atoms with Crippen LogP contribution in [-0.4, -0.2) is 38.4 Å². The van der Waals surface area contributed by atoms with E-state index in [0.29, 0.717) is 13.0 Å². The van der Waals surface area contributed by atoms with Crippen LogP contribution in [-0.2, 0) is 22.6 Å².